The van der Waals surface area contributed by atoms with E-state index in [0.717, 1.165) is 12.8 Å². The van der Waals surface area contributed by atoms with Gasteiger partial charge in [0.25, 0.3) is 0 Å². The van der Waals surface area contributed by atoms with Crippen LogP contribution < -0.4 is 15.6 Å². The van der Waals surface area contributed by atoms with Gasteiger partial charge < -0.3 is 29.2 Å². The van der Waals surface area contributed by atoms with Crippen LogP contribution in [-0.4, -0.2) is 62.1 Å². The van der Waals surface area contributed by atoms with Crippen LogP contribution in [0.3, 0.4) is 0 Å². The second kappa shape index (κ2) is 16.0. The summed E-state index contributed by atoms with van der Waals surface area (Å²) in [5.74, 6) is -0.965. The molecule has 2 N–H and O–H groups in total. The van der Waals surface area contributed by atoms with Crippen LogP contribution in [0.5, 0.6) is 0 Å². The number of carbonyl (C=O) groups is 4. The molecule has 240 valence electrons. The minimum Gasteiger partial charge on any atom is -0.467 e. The lowest BCUT2D eigenvalue weighted by molar-refractivity contribution is -0.148. The van der Waals surface area contributed by atoms with Crippen molar-refractivity contribution in [2.24, 2.45) is 0 Å². The summed E-state index contributed by atoms with van der Waals surface area (Å²) in [6.07, 6.45) is -3.03. The Balaban J connectivity index is 2.02. The van der Waals surface area contributed by atoms with Crippen LogP contribution in [0.2, 0.25) is 0 Å². The summed E-state index contributed by atoms with van der Waals surface area (Å²) in [7, 11) is 4.84. The predicted molar refractivity (Wildman–Crippen MR) is 167 cm³/mol. The van der Waals surface area contributed by atoms with Crippen molar-refractivity contribution in [1.29, 1.82) is 0 Å². The summed E-state index contributed by atoms with van der Waals surface area (Å²) in [5.41, 5.74) is 4.06. The molecule has 1 unspecified atom stereocenters. The molecule has 0 saturated heterocycles. The van der Waals surface area contributed by atoms with Crippen LogP contribution in [0.15, 0.2) is 84.9 Å². The molecule has 0 aliphatic carbocycles. The molecule has 0 fully saturated rings. The number of benzene rings is 3. The van der Waals surface area contributed by atoms with Crippen molar-refractivity contribution in [2.45, 2.75) is 51.7 Å². The van der Waals surface area contributed by atoms with Gasteiger partial charge in [0.2, 0.25) is 0 Å². The molecule has 3 aromatic carbocycles. The highest BCUT2D eigenvalue weighted by molar-refractivity contribution is 5.85. The van der Waals surface area contributed by atoms with Gasteiger partial charge in [0.15, 0.2) is 6.04 Å². The SMILES string of the molecule is COC(=O)C([C@H](NC(=O)OC(C)(C)C)c1ccc(N(C)C)cc1)N(NC(=O)OCc1ccccc1)C(=O)OCc1ccccc1. The molecule has 0 aliphatic heterocycles. The number of carbonyl (C=O) groups excluding carboxylic acids is 4. The van der Waals surface area contributed by atoms with Gasteiger partial charge in [-0.2, -0.15) is 5.01 Å². The van der Waals surface area contributed by atoms with Crippen molar-refractivity contribution in [3.05, 3.63) is 102 Å². The lowest BCUT2D eigenvalue weighted by Gasteiger charge is -2.35. The predicted octanol–water partition coefficient (Wildman–Crippen LogP) is 5.34. The van der Waals surface area contributed by atoms with E-state index >= 15 is 0 Å². The van der Waals surface area contributed by atoms with E-state index in [1.54, 1.807) is 93.6 Å². The molecule has 12 heteroatoms. The summed E-state index contributed by atoms with van der Waals surface area (Å²) < 4.78 is 21.4. The normalized spacial score (nSPS) is 12.1. The zero-order valence-corrected chi connectivity index (χ0v) is 26.3. The molecule has 2 atom stereocenters. The van der Waals surface area contributed by atoms with Crippen molar-refractivity contribution < 1.29 is 38.1 Å². The number of ether oxygens (including phenoxy) is 4. The van der Waals surface area contributed by atoms with Crippen molar-refractivity contribution in [2.75, 3.05) is 26.1 Å². The maximum absolute atomic E-state index is 13.7. The Morgan fingerprint density at radius 2 is 1.29 bits per heavy atom. The maximum Gasteiger partial charge on any atom is 0.430 e. The van der Waals surface area contributed by atoms with E-state index in [9.17, 15) is 19.2 Å². The summed E-state index contributed by atoms with van der Waals surface area (Å²) in [5, 5.41) is 3.33. The third-order valence-electron chi connectivity index (χ3n) is 6.30. The Labute approximate surface area is 263 Å². The van der Waals surface area contributed by atoms with E-state index in [1.807, 2.05) is 31.1 Å². The van der Waals surface area contributed by atoms with Crippen molar-refractivity contribution >= 4 is 29.9 Å². The average molecular weight is 621 g/mol. The highest BCUT2D eigenvalue weighted by Crippen LogP contribution is 2.26. The van der Waals surface area contributed by atoms with Crippen LogP contribution in [0.25, 0.3) is 0 Å². The largest absolute Gasteiger partial charge is 0.467 e. The highest BCUT2D eigenvalue weighted by atomic mass is 16.6. The fourth-order valence-corrected chi connectivity index (χ4v) is 4.14. The number of hydrogen-bond acceptors (Lipinski definition) is 9. The lowest BCUT2D eigenvalue weighted by atomic mass is 9.98. The Bertz CT molecular complexity index is 1410. The minimum absolute atomic E-state index is 0.117. The Morgan fingerprint density at radius 1 is 0.756 bits per heavy atom. The molecule has 3 aromatic rings. The third kappa shape index (κ3) is 10.8. The molecular weight excluding hydrogens is 580 g/mol. The van der Waals surface area contributed by atoms with Gasteiger partial charge in [-0.25, -0.2) is 24.6 Å². The fraction of sp³-hybridized carbons (Fsp3) is 0.333. The van der Waals surface area contributed by atoms with E-state index in [-0.39, 0.29) is 13.2 Å². The van der Waals surface area contributed by atoms with E-state index in [1.165, 1.54) is 0 Å². The van der Waals surface area contributed by atoms with Gasteiger partial charge in [-0.1, -0.05) is 72.8 Å². The second-order valence-corrected chi connectivity index (χ2v) is 11.2. The smallest absolute Gasteiger partial charge is 0.430 e. The monoisotopic (exact) mass is 620 g/mol. The van der Waals surface area contributed by atoms with Gasteiger partial charge in [0, 0.05) is 19.8 Å². The first kappa shape index (κ1) is 34.2. The fourth-order valence-electron chi connectivity index (χ4n) is 4.14. The number of methoxy groups -OCH3 is 1. The van der Waals surface area contributed by atoms with Gasteiger partial charge in [-0.3, -0.25) is 0 Å². The summed E-state index contributed by atoms with van der Waals surface area (Å²) in [4.78, 5) is 55.1. The molecule has 0 bridgehead atoms. The molecule has 3 amide bonds. The maximum atomic E-state index is 13.7. The Morgan fingerprint density at radius 3 is 1.78 bits per heavy atom. The zero-order chi connectivity index (χ0) is 33.0. The quantitative estimate of drug-likeness (QED) is 0.175. The van der Waals surface area contributed by atoms with Crippen LogP contribution in [-0.2, 0) is 37.0 Å². The van der Waals surface area contributed by atoms with Crippen molar-refractivity contribution in [3.63, 3.8) is 0 Å². The molecule has 0 heterocycles. The first-order valence-electron chi connectivity index (χ1n) is 14.2. The number of hydrogen-bond donors (Lipinski definition) is 2. The molecule has 3 rings (SSSR count). The topological polar surface area (TPSA) is 136 Å². The number of rotatable bonds is 10. The third-order valence-corrected chi connectivity index (χ3v) is 6.30. The van der Waals surface area contributed by atoms with E-state index in [4.69, 9.17) is 18.9 Å². The Kier molecular flexibility index (Phi) is 12.2. The van der Waals surface area contributed by atoms with E-state index in [0.29, 0.717) is 21.7 Å². The summed E-state index contributed by atoms with van der Waals surface area (Å²) >= 11 is 0. The molecule has 0 radical (unpaired) electrons. The number of nitrogens with one attached hydrogen (secondary N) is 2. The van der Waals surface area contributed by atoms with Gasteiger partial charge in [0.1, 0.15) is 18.8 Å². The first-order valence-corrected chi connectivity index (χ1v) is 14.2. The van der Waals surface area contributed by atoms with Crippen molar-refractivity contribution in [1.82, 2.24) is 15.8 Å². The molecule has 12 nitrogen and oxygen atoms in total. The van der Waals surface area contributed by atoms with Crippen LogP contribution in [0, 0.1) is 0 Å². The van der Waals surface area contributed by atoms with Crippen molar-refractivity contribution in [3.8, 4) is 0 Å². The number of amides is 3. The van der Waals surface area contributed by atoms with Gasteiger partial charge in [-0.05, 0) is 49.6 Å². The number of esters is 1. The molecule has 0 spiro atoms. The molecule has 0 aromatic heterocycles. The van der Waals surface area contributed by atoms with E-state index in [2.05, 4.69) is 10.7 Å². The Hall–Kier alpha value is -5.26. The number of hydrazine groups is 1. The first-order chi connectivity index (χ1) is 21.4. The summed E-state index contributed by atoms with van der Waals surface area (Å²) in [6.45, 7) is 4.76. The number of nitrogens with zero attached hydrogens (tertiary/aromatic N) is 2. The van der Waals surface area contributed by atoms with Gasteiger partial charge in [0.05, 0.1) is 13.2 Å². The highest BCUT2D eigenvalue weighted by Gasteiger charge is 2.42. The average Bonchev–Trinajstić information content (AvgIpc) is 3.01. The summed E-state index contributed by atoms with van der Waals surface area (Å²) in [6, 6.07) is 21.7. The number of alkyl carbamates (subject to hydrolysis) is 1. The molecular formula is C33H40N4O8. The van der Waals surface area contributed by atoms with E-state index < -0.39 is 41.9 Å². The molecule has 0 aliphatic rings. The molecule has 0 saturated carbocycles. The van der Waals surface area contributed by atoms with Gasteiger partial charge >= 0.3 is 24.2 Å². The zero-order valence-electron chi connectivity index (χ0n) is 26.3. The van der Waals surface area contributed by atoms with Crippen LogP contribution >= 0.6 is 0 Å². The van der Waals surface area contributed by atoms with Crippen LogP contribution in [0.4, 0.5) is 20.1 Å². The number of anilines is 1. The minimum atomic E-state index is -1.67. The molecule has 45 heavy (non-hydrogen) atoms. The van der Waals surface area contributed by atoms with Crippen LogP contribution in [0.1, 0.15) is 43.5 Å². The second-order valence-electron chi connectivity index (χ2n) is 11.2. The lowest BCUT2D eigenvalue weighted by Crippen LogP contribution is -2.60. The van der Waals surface area contributed by atoms with Gasteiger partial charge in [-0.15, -0.1) is 0 Å². The standard InChI is InChI=1S/C33H40N4O8/c1-33(2,3)45-30(39)34-27(25-17-19-26(20-18-25)36(4)5)28(29(38)42-6)37(32(41)44-22-24-15-11-8-12-16-24)35-31(40)43-21-23-13-9-7-10-14-23/h7-20,27-28H,21-22H2,1-6H3,(H,34,39)(H,35,40)/t27-,28?/m1/s1.